The number of rotatable bonds is 7. The minimum atomic E-state index is -0.0728. The van der Waals surface area contributed by atoms with Crippen molar-refractivity contribution in [2.75, 3.05) is 0 Å². The molecule has 7 heteroatoms. The van der Waals surface area contributed by atoms with Gasteiger partial charge in [0.05, 0.1) is 12.4 Å². The molecule has 1 N–H and O–H groups in total. The standard InChI is InChI=1S/C16H18N6O/c23-16(10-21-9-7-17-12-21)20-15(14-4-2-1-3-5-14)6-8-22-13-18-11-19-22/h1-5,7,9,11-13,15H,6,8,10H2,(H,20,23)/t15-/m1/s1. The Hall–Kier alpha value is -2.96. The van der Waals surface area contributed by atoms with E-state index in [4.69, 9.17) is 0 Å². The van der Waals surface area contributed by atoms with Gasteiger partial charge in [0.15, 0.2) is 0 Å². The monoisotopic (exact) mass is 310 g/mol. The van der Waals surface area contributed by atoms with Crippen LogP contribution in [0.3, 0.4) is 0 Å². The molecule has 0 spiro atoms. The first kappa shape index (κ1) is 15.0. The van der Waals surface area contributed by atoms with Crippen molar-refractivity contribution in [2.24, 2.45) is 0 Å². The van der Waals surface area contributed by atoms with Crippen LogP contribution in [0.4, 0.5) is 0 Å². The van der Waals surface area contributed by atoms with Crippen molar-refractivity contribution in [3.05, 3.63) is 67.3 Å². The molecule has 0 aliphatic rings. The Balaban J connectivity index is 1.65. The summed E-state index contributed by atoms with van der Waals surface area (Å²) in [5, 5.41) is 7.19. The Morgan fingerprint density at radius 1 is 1.17 bits per heavy atom. The first-order valence-electron chi connectivity index (χ1n) is 7.44. The van der Waals surface area contributed by atoms with Gasteiger partial charge < -0.3 is 9.88 Å². The SMILES string of the molecule is O=C(Cn1ccnc1)N[C@H](CCn1cncn1)c1ccccc1. The van der Waals surface area contributed by atoms with Crippen molar-refractivity contribution in [3.63, 3.8) is 0 Å². The number of aromatic nitrogens is 5. The van der Waals surface area contributed by atoms with E-state index in [1.54, 1.807) is 34.3 Å². The summed E-state index contributed by atoms with van der Waals surface area (Å²) in [6.45, 7) is 0.942. The second kappa shape index (κ2) is 7.35. The van der Waals surface area contributed by atoms with Gasteiger partial charge in [0, 0.05) is 18.9 Å². The van der Waals surface area contributed by atoms with Crippen molar-refractivity contribution in [2.45, 2.75) is 25.6 Å². The van der Waals surface area contributed by atoms with E-state index in [-0.39, 0.29) is 18.5 Å². The van der Waals surface area contributed by atoms with Crippen LogP contribution in [0.15, 0.2) is 61.7 Å². The molecule has 23 heavy (non-hydrogen) atoms. The Bertz CT molecular complexity index is 708. The number of nitrogens with one attached hydrogen (secondary N) is 1. The molecule has 3 aromatic rings. The zero-order chi connectivity index (χ0) is 15.9. The average molecular weight is 310 g/mol. The van der Waals surface area contributed by atoms with E-state index in [0.717, 1.165) is 12.0 Å². The van der Waals surface area contributed by atoms with Crippen LogP contribution in [0.25, 0.3) is 0 Å². The molecule has 118 valence electrons. The summed E-state index contributed by atoms with van der Waals surface area (Å²) in [6.07, 6.45) is 8.99. The first-order chi connectivity index (χ1) is 11.3. The number of nitrogens with zero attached hydrogens (tertiary/aromatic N) is 5. The number of aryl methyl sites for hydroxylation is 1. The lowest BCUT2D eigenvalue weighted by atomic mass is 10.0. The molecule has 1 atom stereocenters. The van der Waals surface area contributed by atoms with Crippen LogP contribution in [-0.2, 0) is 17.9 Å². The van der Waals surface area contributed by atoms with Gasteiger partial charge in [0.25, 0.3) is 0 Å². The van der Waals surface area contributed by atoms with Crippen LogP contribution in [0.2, 0.25) is 0 Å². The molecule has 3 rings (SSSR count). The highest BCUT2D eigenvalue weighted by Gasteiger charge is 2.15. The normalized spacial score (nSPS) is 12.0. The molecule has 0 aliphatic heterocycles. The minimum absolute atomic E-state index is 0.0459. The van der Waals surface area contributed by atoms with Gasteiger partial charge in [0.1, 0.15) is 19.2 Å². The molecule has 0 bridgehead atoms. The van der Waals surface area contributed by atoms with Gasteiger partial charge in [-0.25, -0.2) is 9.97 Å². The van der Waals surface area contributed by atoms with E-state index in [1.165, 1.54) is 6.33 Å². The summed E-state index contributed by atoms with van der Waals surface area (Å²) in [5.41, 5.74) is 1.08. The highest BCUT2D eigenvalue weighted by Crippen LogP contribution is 2.17. The van der Waals surface area contributed by atoms with Gasteiger partial charge in [-0.2, -0.15) is 5.10 Å². The molecule has 0 unspecified atom stereocenters. The molecule has 1 amide bonds. The Morgan fingerprint density at radius 2 is 2.04 bits per heavy atom. The molecule has 0 aliphatic carbocycles. The molecule has 7 nitrogen and oxygen atoms in total. The molecule has 0 fully saturated rings. The van der Waals surface area contributed by atoms with Crippen LogP contribution < -0.4 is 5.32 Å². The quantitative estimate of drug-likeness (QED) is 0.716. The maximum atomic E-state index is 12.3. The lowest BCUT2D eigenvalue weighted by Gasteiger charge is -2.19. The number of hydrogen-bond acceptors (Lipinski definition) is 4. The van der Waals surface area contributed by atoms with Crippen molar-refractivity contribution in [3.8, 4) is 0 Å². The van der Waals surface area contributed by atoms with Gasteiger partial charge in [-0.15, -0.1) is 0 Å². The fourth-order valence-corrected chi connectivity index (χ4v) is 2.40. The second-order valence-corrected chi connectivity index (χ2v) is 5.21. The minimum Gasteiger partial charge on any atom is -0.348 e. The van der Waals surface area contributed by atoms with Crippen molar-refractivity contribution in [1.82, 2.24) is 29.6 Å². The van der Waals surface area contributed by atoms with E-state index in [2.05, 4.69) is 20.4 Å². The maximum absolute atomic E-state index is 12.3. The summed E-state index contributed by atoms with van der Waals surface area (Å²) in [5.74, 6) is -0.0459. The highest BCUT2D eigenvalue weighted by molar-refractivity contribution is 5.76. The van der Waals surface area contributed by atoms with Crippen LogP contribution in [0, 0.1) is 0 Å². The van der Waals surface area contributed by atoms with Crippen molar-refractivity contribution in [1.29, 1.82) is 0 Å². The smallest absolute Gasteiger partial charge is 0.240 e. The van der Waals surface area contributed by atoms with Crippen molar-refractivity contribution >= 4 is 5.91 Å². The van der Waals surface area contributed by atoms with Crippen LogP contribution >= 0.6 is 0 Å². The number of benzene rings is 1. The molecule has 2 aromatic heterocycles. The summed E-state index contributed by atoms with van der Waals surface area (Å²) in [6, 6.07) is 9.87. The average Bonchev–Trinajstić information content (AvgIpc) is 3.26. The van der Waals surface area contributed by atoms with E-state index in [9.17, 15) is 4.79 Å². The van der Waals surface area contributed by atoms with Crippen molar-refractivity contribution < 1.29 is 4.79 Å². The lowest BCUT2D eigenvalue weighted by Crippen LogP contribution is -2.32. The zero-order valence-electron chi connectivity index (χ0n) is 12.6. The van der Waals surface area contributed by atoms with Gasteiger partial charge >= 0.3 is 0 Å². The van der Waals surface area contributed by atoms with E-state index >= 15 is 0 Å². The van der Waals surface area contributed by atoms with Crippen LogP contribution in [0.1, 0.15) is 18.0 Å². The number of carbonyl (C=O) groups excluding carboxylic acids is 1. The van der Waals surface area contributed by atoms with E-state index in [0.29, 0.717) is 6.54 Å². The van der Waals surface area contributed by atoms with Gasteiger partial charge in [-0.1, -0.05) is 30.3 Å². The first-order valence-corrected chi connectivity index (χ1v) is 7.44. The Kier molecular flexibility index (Phi) is 4.78. The Morgan fingerprint density at radius 3 is 2.74 bits per heavy atom. The summed E-state index contributed by atoms with van der Waals surface area (Å²) in [7, 11) is 0. The van der Waals surface area contributed by atoms with Gasteiger partial charge in [-0.05, 0) is 12.0 Å². The van der Waals surface area contributed by atoms with Crippen LogP contribution in [0.5, 0.6) is 0 Å². The van der Waals surface area contributed by atoms with Gasteiger partial charge in [-0.3, -0.25) is 9.48 Å². The number of imidazole rings is 1. The third-order valence-corrected chi connectivity index (χ3v) is 3.54. The molecule has 0 radical (unpaired) electrons. The third kappa shape index (κ3) is 4.26. The molecule has 2 heterocycles. The third-order valence-electron chi connectivity index (χ3n) is 3.54. The van der Waals surface area contributed by atoms with E-state index in [1.807, 2.05) is 30.3 Å². The van der Waals surface area contributed by atoms with Gasteiger partial charge in [0.2, 0.25) is 5.91 Å². The molecule has 0 saturated carbocycles. The number of amides is 1. The fourth-order valence-electron chi connectivity index (χ4n) is 2.40. The molecule has 1 aromatic carbocycles. The summed E-state index contributed by atoms with van der Waals surface area (Å²) >= 11 is 0. The fraction of sp³-hybridized carbons (Fsp3) is 0.250. The Labute approximate surface area is 134 Å². The topological polar surface area (TPSA) is 77.6 Å². The molecule has 0 saturated heterocycles. The second-order valence-electron chi connectivity index (χ2n) is 5.21. The summed E-state index contributed by atoms with van der Waals surface area (Å²) in [4.78, 5) is 20.1. The molecular formula is C16H18N6O. The van der Waals surface area contributed by atoms with Crippen LogP contribution in [-0.4, -0.2) is 30.2 Å². The van der Waals surface area contributed by atoms with E-state index < -0.39 is 0 Å². The highest BCUT2D eigenvalue weighted by atomic mass is 16.2. The molecular weight excluding hydrogens is 292 g/mol. The predicted molar refractivity (Wildman–Crippen MR) is 84.2 cm³/mol. The maximum Gasteiger partial charge on any atom is 0.240 e. The number of hydrogen-bond donors (Lipinski definition) is 1. The predicted octanol–water partition coefficient (Wildman–Crippen LogP) is 1.42. The zero-order valence-corrected chi connectivity index (χ0v) is 12.6. The lowest BCUT2D eigenvalue weighted by molar-refractivity contribution is -0.122. The largest absolute Gasteiger partial charge is 0.348 e. The summed E-state index contributed by atoms with van der Waals surface area (Å²) < 4.78 is 3.51. The number of carbonyl (C=O) groups is 1.